The van der Waals surface area contributed by atoms with Crippen LogP contribution < -0.4 is 15.4 Å². The number of carbonyl (C=O) groups is 1. The summed E-state index contributed by atoms with van der Waals surface area (Å²) in [6.45, 7) is 12.4. The molecule has 1 aromatic carbocycles. The van der Waals surface area contributed by atoms with Gasteiger partial charge in [-0.05, 0) is 17.7 Å². The average molecular weight is 533 g/mol. The molecule has 8 nitrogen and oxygen atoms in total. The molecule has 36 heavy (non-hydrogen) atoms. The van der Waals surface area contributed by atoms with Crippen molar-refractivity contribution >= 4 is 34.1 Å². The lowest BCUT2D eigenvalue weighted by Gasteiger charge is -2.21. The smallest absolute Gasteiger partial charge is 0.230 e. The Bertz CT molecular complexity index is 1100. The molecule has 0 aliphatic carbocycles. The molecular formula is C26H36N4O4S2. The molecule has 0 radical (unpaired) electrons. The molecule has 0 spiro atoms. The molecule has 0 saturated heterocycles. The van der Waals surface area contributed by atoms with Gasteiger partial charge in [-0.1, -0.05) is 58.1 Å². The number of carbonyl (C=O) groups excluding carboxylic acids is 1. The minimum atomic E-state index is -0.144. The van der Waals surface area contributed by atoms with E-state index >= 15 is 0 Å². The maximum absolute atomic E-state index is 12.5. The van der Waals surface area contributed by atoms with Gasteiger partial charge in [0.2, 0.25) is 11.8 Å². The second-order valence-corrected chi connectivity index (χ2v) is 12.7. The number of aliphatic hydroxyl groups excluding tert-OH is 1. The molecule has 0 aliphatic heterocycles. The van der Waals surface area contributed by atoms with Gasteiger partial charge in [0.05, 0.1) is 28.8 Å². The first-order chi connectivity index (χ1) is 17.0. The number of aromatic nitrogens is 2. The van der Waals surface area contributed by atoms with Crippen LogP contribution >= 0.6 is 23.1 Å². The van der Waals surface area contributed by atoms with E-state index in [0.29, 0.717) is 29.9 Å². The zero-order chi connectivity index (χ0) is 26.2. The molecule has 196 valence electrons. The fourth-order valence-corrected chi connectivity index (χ4v) is 4.76. The molecular weight excluding hydrogens is 496 g/mol. The fraction of sp³-hybridized carbons (Fsp3) is 0.500. The number of anilines is 1. The highest BCUT2D eigenvalue weighted by atomic mass is 32.2. The summed E-state index contributed by atoms with van der Waals surface area (Å²) in [4.78, 5) is 21.1. The number of nitrogens with one attached hydrogen (secondary N) is 2. The van der Waals surface area contributed by atoms with Crippen molar-refractivity contribution in [3.8, 4) is 5.75 Å². The summed E-state index contributed by atoms with van der Waals surface area (Å²) in [7, 11) is 0. The van der Waals surface area contributed by atoms with Crippen LogP contribution in [0, 0.1) is 5.41 Å². The monoisotopic (exact) mass is 532 g/mol. The maximum atomic E-state index is 12.5. The number of thioether (sulfide) groups is 1. The summed E-state index contributed by atoms with van der Waals surface area (Å²) in [6, 6.07) is 7.52. The predicted molar refractivity (Wildman–Crippen MR) is 145 cm³/mol. The van der Waals surface area contributed by atoms with Gasteiger partial charge in [0.25, 0.3) is 0 Å². The van der Waals surface area contributed by atoms with E-state index in [2.05, 4.69) is 41.4 Å². The Kier molecular flexibility index (Phi) is 9.95. The molecule has 0 fully saturated rings. The SMILES string of the molecule is CC(C)(CO)CNCCOc1ccc(CC(=O)Nc2ncc(SCc3ncc(C(C)(C)C)o3)s2)cc1. The molecule has 0 bridgehead atoms. The minimum absolute atomic E-state index is 0.0682. The summed E-state index contributed by atoms with van der Waals surface area (Å²) < 4.78 is 12.5. The Morgan fingerprint density at radius 1 is 1.14 bits per heavy atom. The largest absolute Gasteiger partial charge is 0.492 e. The van der Waals surface area contributed by atoms with Crippen LogP contribution in [0.4, 0.5) is 5.13 Å². The van der Waals surface area contributed by atoms with Gasteiger partial charge in [-0.15, -0.1) is 11.8 Å². The van der Waals surface area contributed by atoms with Crippen molar-refractivity contribution in [1.29, 1.82) is 0 Å². The number of hydrogen-bond donors (Lipinski definition) is 3. The summed E-state index contributed by atoms with van der Waals surface area (Å²) in [5.74, 6) is 2.79. The van der Waals surface area contributed by atoms with Crippen LogP contribution in [0.3, 0.4) is 0 Å². The van der Waals surface area contributed by atoms with Gasteiger partial charge < -0.3 is 24.9 Å². The van der Waals surface area contributed by atoms with Gasteiger partial charge in [-0.25, -0.2) is 9.97 Å². The second kappa shape index (κ2) is 12.7. The lowest BCUT2D eigenvalue weighted by Crippen LogP contribution is -2.34. The topological polar surface area (TPSA) is 110 Å². The van der Waals surface area contributed by atoms with Crippen LogP contribution in [0.15, 0.2) is 45.3 Å². The number of ether oxygens (including phenoxy) is 1. The Balaban J connectivity index is 1.38. The minimum Gasteiger partial charge on any atom is -0.492 e. The first-order valence-electron chi connectivity index (χ1n) is 11.9. The Labute approximate surface area is 221 Å². The Morgan fingerprint density at radius 3 is 2.56 bits per heavy atom. The average Bonchev–Trinajstić information content (AvgIpc) is 3.48. The van der Waals surface area contributed by atoms with E-state index in [4.69, 9.17) is 9.15 Å². The molecule has 0 aliphatic rings. The number of hydrogen-bond acceptors (Lipinski definition) is 9. The number of oxazole rings is 1. The molecule has 0 saturated carbocycles. The molecule has 0 atom stereocenters. The summed E-state index contributed by atoms with van der Waals surface area (Å²) in [5.41, 5.74) is 0.684. The van der Waals surface area contributed by atoms with Crippen LogP contribution in [-0.4, -0.2) is 47.3 Å². The highest BCUT2D eigenvalue weighted by Crippen LogP contribution is 2.31. The second-order valence-electron chi connectivity index (χ2n) is 10.4. The van der Waals surface area contributed by atoms with E-state index in [0.717, 1.165) is 27.8 Å². The van der Waals surface area contributed by atoms with E-state index in [-0.39, 0.29) is 29.8 Å². The number of nitrogens with zero attached hydrogens (tertiary/aromatic N) is 2. The molecule has 2 heterocycles. The predicted octanol–water partition coefficient (Wildman–Crippen LogP) is 4.89. The van der Waals surface area contributed by atoms with E-state index in [1.165, 1.54) is 11.3 Å². The van der Waals surface area contributed by atoms with Gasteiger partial charge in [-0.3, -0.25) is 4.79 Å². The molecule has 3 N–H and O–H groups in total. The van der Waals surface area contributed by atoms with Crippen molar-refractivity contribution in [3.05, 3.63) is 53.9 Å². The number of thiazole rings is 1. The van der Waals surface area contributed by atoms with Gasteiger partial charge in [0, 0.05) is 30.5 Å². The third kappa shape index (κ3) is 9.24. The van der Waals surface area contributed by atoms with Gasteiger partial charge >= 0.3 is 0 Å². The number of amides is 1. The lowest BCUT2D eigenvalue weighted by molar-refractivity contribution is -0.115. The maximum Gasteiger partial charge on any atom is 0.230 e. The number of benzene rings is 1. The molecule has 3 aromatic rings. The first-order valence-corrected chi connectivity index (χ1v) is 13.7. The normalized spacial score (nSPS) is 12.1. The third-order valence-corrected chi connectivity index (χ3v) is 7.32. The van der Waals surface area contributed by atoms with Crippen LogP contribution in [0.2, 0.25) is 0 Å². The number of aliphatic hydroxyl groups is 1. The van der Waals surface area contributed by atoms with E-state index in [1.807, 2.05) is 38.1 Å². The Hall–Kier alpha value is -2.40. The zero-order valence-electron chi connectivity index (χ0n) is 21.6. The lowest BCUT2D eigenvalue weighted by atomic mass is 9.94. The van der Waals surface area contributed by atoms with E-state index in [9.17, 15) is 9.90 Å². The van der Waals surface area contributed by atoms with Crippen LogP contribution in [0.1, 0.15) is 51.8 Å². The Morgan fingerprint density at radius 2 is 1.89 bits per heavy atom. The van der Waals surface area contributed by atoms with E-state index < -0.39 is 0 Å². The van der Waals surface area contributed by atoms with Crippen molar-refractivity contribution in [1.82, 2.24) is 15.3 Å². The van der Waals surface area contributed by atoms with Crippen LogP contribution in [0.25, 0.3) is 0 Å². The van der Waals surface area contributed by atoms with Gasteiger partial charge in [0.1, 0.15) is 18.1 Å². The van der Waals surface area contributed by atoms with Gasteiger partial charge in [-0.2, -0.15) is 0 Å². The van der Waals surface area contributed by atoms with Crippen molar-refractivity contribution in [2.24, 2.45) is 5.41 Å². The summed E-state index contributed by atoms with van der Waals surface area (Å²) in [5, 5.41) is 16.0. The molecule has 0 unspecified atom stereocenters. The highest BCUT2D eigenvalue weighted by Gasteiger charge is 2.19. The zero-order valence-corrected chi connectivity index (χ0v) is 23.2. The summed E-state index contributed by atoms with van der Waals surface area (Å²) in [6.07, 6.45) is 3.79. The third-order valence-electron chi connectivity index (χ3n) is 5.23. The number of rotatable bonds is 13. The molecule has 1 amide bonds. The van der Waals surface area contributed by atoms with Crippen LogP contribution in [-0.2, 0) is 22.4 Å². The molecule has 2 aromatic heterocycles. The van der Waals surface area contributed by atoms with Crippen molar-refractivity contribution in [2.75, 3.05) is 31.6 Å². The van der Waals surface area contributed by atoms with Crippen LogP contribution in [0.5, 0.6) is 5.75 Å². The molecule has 3 rings (SSSR count). The van der Waals surface area contributed by atoms with Crippen molar-refractivity contribution < 1.29 is 19.1 Å². The quantitative estimate of drug-likeness (QED) is 0.211. The van der Waals surface area contributed by atoms with Crippen molar-refractivity contribution in [2.45, 2.75) is 56.4 Å². The first kappa shape index (κ1) is 28.2. The highest BCUT2D eigenvalue weighted by molar-refractivity contribution is 8.00. The molecule has 10 heteroatoms. The summed E-state index contributed by atoms with van der Waals surface area (Å²) >= 11 is 3.01. The van der Waals surface area contributed by atoms with Crippen molar-refractivity contribution in [3.63, 3.8) is 0 Å². The standard InChI is InChI=1S/C26H36N4O4S2/c1-25(2,3)20-13-28-22(34-20)15-35-23-14-29-24(36-23)30-21(32)12-18-6-8-19(9-7-18)33-11-10-27-16-26(4,5)17-31/h6-9,13-14,27,31H,10-12,15-17H2,1-5H3,(H,29,30,32). The fourth-order valence-electron chi connectivity index (χ4n) is 3.02. The van der Waals surface area contributed by atoms with E-state index in [1.54, 1.807) is 24.2 Å². The van der Waals surface area contributed by atoms with Gasteiger partial charge in [0.15, 0.2) is 5.13 Å².